The van der Waals surface area contributed by atoms with Crippen LogP contribution in [-0.4, -0.2) is 22.2 Å². The molecule has 2 rings (SSSR count). The predicted molar refractivity (Wildman–Crippen MR) is 76.0 cm³/mol. The van der Waals surface area contributed by atoms with Gasteiger partial charge in [-0.2, -0.15) is 5.10 Å². The van der Waals surface area contributed by atoms with Gasteiger partial charge in [0.15, 0.2) is 0 Å². The first-order valence-corrected chi connectivity index (χ1v) is 7.19. The van der Waals surface area contributed by atoms with Gasteiger partial charge in [0.2, 0.25) is 0 Å². The van der Waals surface area contributed by atoms with Gasteiger partial charge in [0.1, 0.15) is 0 Å². The molecule has 0 unspecified atom stereocenters. The highest BCUT2D eigenvalue weighted by atomic mass is 79.9. The molecule has 0 saturated carbocycles. The molecule has 0 atom stereocenters. The van der Waals surface area contributed by atoms with Gasteiger partial charge in [-0.05, 0) is 46.5 Å². The second kappa shape index (κ2) is 5.67. The average molecular weight is 328 g/mol. The summed E-state index contributed by atoms with van der Waals surface area (Å²) in [4.78, 5) is 12.6. The molecule has 0 bridgehead atoms. The van der Waals surface area contributed by atoms with Crippen molar-refractivity contribution in [1.29, 1.82) is 0 Å². The Morgan fingerprint density at radius 1 is 1.61 bits per heavy atom. The lowest BCUT2D eigenvalue weighted by molar-refractivity contribution is 0.0958. The van der Waals surface area contributed by atoms with Crippen LogP contribution >= 0.6 is 27.3 Å². The molecule has 0 saturated heterocycles. The van der Waals surface area contributed by atoms with Crippen LogP contribution in [0.15, 0.2) is 22.2 Å². The monoisotopic (exact) mass is 327 g/mol. The van der Waals surface area contributed by atoms with Gasteiger partial charge in [-0.1, -0.05) is 0 Å². The van der Waals surface area contributed by atoms with Gasteiger partial charge < -0.3 is 5.32 Å². The quantitative estimate of drug-likeness (QED) is 0.937. The lowest BCUT2D eigenvalue weighted by Gasteiger charge is -2.01. The molecule has 1 amide bonds. The van der Waals surface area contributed by atoms with Crippen LogP contribution in [0.1, 0.15) is 20.8 Å². The number of carbonyl (C=O) groups excluding carboxylic acids is 1. The van der Waals surface area contributed by atoms with Crippen LogP contribution in [0.5, 0.6) is 0 Å². The van der Waals surface area contributed by atoms with E-state index in [1.165, 1.54) is 11.3 Å². The number of nitrogens with zero attached hydrogens (tertiary/aromatic N) is 2. The van der Waals surface area contributed by atoms with Gasteiger partial charge in [-0.3, -0.25) is 9.48 Å². The maximum atomic E-state index is 11.9. The summed E-state index contributed by atoms with van der Waals surface area (Å²) >= 11 is 4.88. The van der Waals surface area contributed by atoms with Crippen molar-refractivity contribution in [3.8, 4) is 0 Å². The third-order valence-electron chi connectivity index (χ3n) is 2.54. The molecule has 4 nitrogen and oxygen atoms in total. The molecule has 2 aromatic heterocycles. The standard InChI is InChI=1S/C12H14BrN3OS/c1-8-5-10(18-11(8)13)12(17)14-4-3-9-6-15-16(2)7-9/h5-7H,3-4H2,1-2H3,(H,14,17). The number of carbonyl (C=O) groups is 1. The zero-order chi connectivity index (χ0) is 13.1. The van der Waals surface area contributed by atoms with Crippen molar-refractivity contribution >= 4 is 33.2 Å². The number of nitrogens with one attached hydrogen (secondary N) is 1. The number of rotatable bonds is 4. The highest BCUT2D eigenvalue weighted by Gasteiger charge is 2.10. The van der Waals surface area contributed by atoms with Crippen LogP contribution in [-0.2, 0) is 13.5 Å². The zero-order valence-corrected chi connectivity index (χ0v) is 12.6. The maximum absolute atomic E-state index is 11.9. The van der Waals surface area contributed by atoms with E-state index < -0.39 is 0 Å². The molecule has 0 aromatic carbocycles. The fourth-order valence-electron chi connectivity index (χ4n) is 1.58. The molecule has 0 radical (unpaired) electrons. The smallest absolute Gasteiger partial charge is 0.261 e. The number of aromatic nitrogens is 2. The molecule has 6 heteroatoms. The van der Waals surface area contributed by atoms with Gasteiger partial charge >= 0.3 is 0 Å². The molecule has 96 valence electrons. The molecule has 2 heterocycles. The van der Waals surface area contributed by atoms with Gasteiger partial charge in [0.05, 0.1) is 14.9 Å². The summed E-state index contributed by atoms with van der Waals surface area (Å²) in [6.45, 7) is 2.60. The fourth-order valence-corrected chi connectivity index (χ4v) is 3.03. The second-order valence-electron chi connectivity index (χ2n) is 4.10. The van der Waals surface area contributed by atoms with Crippen molar-refractivity contribution in [2.75, 3.05) is 6.54 Å². The molecule has 0 fully saturated rings. The molecule has 0 aliphatic rings. The van der Waals surface area contributed by atoms with Gasteiger partial charge in [-0.15, -0.1) is 11.3 Å². The summed E-state index contributed by atoms with van der Waals surface area (Å²) in [5, 5.41) is 7.00. The highest BCUT2D eigenvalue weighted by molar-refractivity contribution is 9.11. The Hall–Kier alpha value is -1.14. The lowest BCUT2D eigenvalue weighted by atomic mass is 10.2. The first-order chi connectivity index (χ1) is 8.56. The summed E-state index contributed by atoms with van der Waals surface area (Å²) < 4.78 is 2.77. The SMILES string of the molecule is Cc1cc(C(=O)NCCc2cnn(C)c2)sc1Br. The largest absolute Gasteiger partial charge is 0.351 e. The van der Waals surface area contributed by atoms with Crippen LogP contribution in [0.4, 0.5) is 0 Å². The lowest BCUT2D eigenvalue weighted by Crippen LogP contribution is -2.24. The Kier molecular flexibility index (Phi) is 4.19. The maximum Gasteiger partial charge on any atom is 0.261 e. The van der Waals surface area contributed by atoms with E-state index in [4.69, 9.17) is 0 Å². The zero-order valence-electron chi connectivity index (χ0n) is 10.2. The topological polar surface area (TPSA) is 46.9 Å². The minimum absolute atomic E-state index is 0.0160. The molecule has 2 aromatic rings. The number of hydrogen-bond donors (Lipinski definition) is 1. The van der Waals surface area contributed by atoms with Crippen molar-refractivity contribution < 1.29 is 4.79 Å². The van der Waals surface area contributed by atoms with Crippen molar-refractivity contribution in [3.63, 3.8) is 0 Å². The molecule has 0 aliphatic heterocycles. The Balaban J connectivity index is 1.85. The number of thiophene rings is 1. The van der Waals surface area contributed by atoms with E-state index in [-0.39, 0.29) is 5.91 Å². The molecular weight excluding hydrogens is 314 g/mol. The van der Waals surface area contributed by atoms with Crippen LogP contribution in [0.3, 0.4) is 0 Å². The van der Waals surface area contributed by atoms with E-state index in [0.717, 1.165) is 26.2 Å². The third kappa shape index (κ3) is 3.20. The van der Waals surface area contributed by atoms with Crippen molar-refractivity contribution in [3.05, 3.63) is 38.3 Å². The van der Waals surface area contributed by atoms with Gasteiger partial charge in [0.25, 0.3) is 5.91 Å². The fraction of sp³-hybridized carbons (Fsp3) is 0.333. The Labute approximate surface area is 118 Å². The molecule has 18 heavy (non-hydrogen) atoms. The summed E-state index contributed by atoms with van der Waals surface area (Å²) in [7, 11) is 1.88. The second-order valence-corrected chi connectivity index (χ2v) is 6.47. The number of hydrogen-bond acceptors (Lipinski definition) is 3. The Morgan fingerprint density at radius 2 is 2.39 bits per heavy atom. The minimum atomic E-state index is -0.0160. The van der Waals surface area contributed by atoms with Crippen molar-refractivity contribution in [2.24, 2.45) is 7.05 Å². The van der Waals surface area contributed by atoms with Crippen LogP contribution < -0.4 is 5.32 Å². The number of halogens is 1. The van der Waals surface area contributed by atoms with Crippen LogP contribution in [0.2, 0.25) is 0 Å². The first kappa shape index (κ1) is 13.3. The molecular formula is C12H14BrN3OS. The molecule has 0 aliphatic carbocycles. The first-order valence-electron chi connectivity index (χ1n) is 5.58. The summed E-state index contributed by atoms with van der Waals surface area (Å²) in [5.74, 6) is -0.0160. The predicted octanol–water partition coefficient (Wildman–Crippen LogP) is 2.53. The van der Waals surface area contributed by atoms with Gasteiger partial charge in [-0.25, -0.2) is 0 Å². The number of aryl methyl sites for hydroxylation is 2. The average Bonchev–Trinajstić information content (AvgIpc) is 2.87. The van der Waals surface area contributed by atoms with E-state index in [1.54, 1.807) is 4.68 Å². The molecule has 0 spiro atoms. The van der Waals surface area contributed by atoms with Crippen LogP contribution in [0.25, 0.3) is 0 Å². The van der Waals surface area contributed by atoms with E-state index in [0.29, 0.717) is 6.54 Å². The summed E-state index contributed by atoms with van der Waals surface area (Å²) in [6, 6.07) is 1.90. The Morgan fingerprint density at radius 3 is 2.94 bits per heavy atom. The summed E-state index contributed by atoms with van der Waals surface area (Å²) in [5.41, 5.74) is 2.22. The Bertz CT molecular complexity index is 542. The highest BCUT2D eigenvalue weighted by Crippen LogP contribution is 2.27. The van der Waals surface area contributed by atoms with Crippen molar-refractivity contribution in [1.82, 2.24) is 15.1 Å². The van der Waals surface area contributed by atoms with E-state index in [9.17, 15) is 4.79 Å². The van der Waals surface area contributed by atoms with E-state index >= 15 is 0 Å². The minimum Gasteiger partial charge on any atom is -0.351 e. The van der Waals surface area contributed by atoms with Crippen LogP contribution in [0, 0.1) is 6.92 Å². The number of amides is 1. The van der Waals surface area contributed by atoms with Gasteiger partial charge in [0, 0.05) is 19.8 Å². The van der Waals surface area contributed by atoms with Crippen molar-refractivity contribution in [2.45, 2.75) is 13.3 Å². The normalized spacial score (nSPS) is 10.6. The van der Waals surface area contributed by atoms with E-state index in [1.807, 2.05) is 32.4 Å². The molecule has 1 N–H and O–H groups in total. The van der Waals surface area contributed by atoms with E-state index in [2.05, 4.69) is 26.3 Å². The third-order valence-corrected chi connectivity index (χ3v) is 4.67. The summed E-state index contributed by atoms with van der Waals surface area (Å²) in [6.07, 6.45) is 4.57.